The van der Waals surface area contributed by atoms with E-state index < -0.39 is 30.7 Å². The van der Waals surface area contributed by atoms with Gasteiger partial charge >= 0.3 is 7.12 Å². The Labute approximate surface area is 160 Å². The third kappa shape index (κ3) is 4.16. The number of hydrogen-bond acceptors (Lipinski definition) is 6. The average Bonchev–Trinajstić information content (AvgIpc) is 2.83. The highest BCUT2D eigenvalue weighted by Gasteiger charge is 2.51. The molecule has 6 nitrogen and oxygen atoms in total. The molecule has 3 rings (SSSR count). The standard InChI is InChI=1S/C20H27BN2O4/c1-13(24)15-10-11-22-17(12-15)23-18(25)14-6-8-16(9-7-14)21-26-19(2,3)20(4,5)27-21/h6-13,18,24-25H,1-5H3,(H,22,23). The minimum Gasteiger partial charge on any atom is -0.399 e. The van der Waals surface area contributed by atoms with Crippen molar-refractivity contribution in [2.75, 3.05) is 5.32 Å². The number of nitrogens with one attached hydrogen (secondary N) is 1. The van der Waals surface area contributed by atoms with Crippen LogP contribution in [0.3, 0.4) is 0 Å². The zero-order chi connectivity index (χ0) is 19.8. The van der Waals surface area contributed by atoms with Gasteiger partial charge in [0.2, 0.25) is 0 Å². The molecule has 2 aromatic rings. The summed E-state index contributed by atoms with van der Waals surface area (Å²) in [6, 6.07) is 10.9. The Hall–Kier alpha value is -1.93. The van der Waals surface area contributed by atoms with Gasteiger partial charge in [-0.15, -0.1) is 0 Å². The van der Waals surface area contributed by atoms with Crippen LogP contribution in [0, 0.1) is 0 Å². The first-order chi connectivity index (χ1) is 12.6. The van der Waals surface area contributed by atoms with Crippen LogP contribution in [-0.4, -0.2) is 33.5 Å². The minimum absolute atomic E-state index is 0.391. The quantitative estimate of drug-likeness (QED) is 0.554. The van der Waals surface area contributed by atoms with Crippen LogP contribution in [0.4, 0.5) is 5.82 Å². The maximum absolute atomic E-state index is 10.4. The van der Waals surface area contributed by atoms with Crippen LogP contribution in [-0.2, 0) is 9.31 Å². The lowest BCUT2D eigenvalue weighted by Gasteiger charge is -2.32. The maximum Gasteiger partial charge on any atom is 0.494 e. The normalized spacial score (nSPS) is 20.3. The first kappa shape index (κ1) is 19.8. The molecule has 1 fully saturated rings. The topological polar surface area (TPSA) is 83.8 Å². The summed E-state index contributed by atoms with van der Waals surface area (Å²) in [5.41, 5.74) is 1.55. The molecular formula is C20H27BN2O4. The van der Waals surface area contributed by atoms with Crippen molar-refractivity contribution >= 4 is 18.4 Å². The summed E-state index contributed by atoms with van der Waals surface area (Å²) < 4.78 is 12.1. The van der Waals surface area contributed by atoms with E-state index in [0.29, 0.717) is 11.4 Å². The molecule has 2 unspecified atom stereocenters. The first-order valence-electron chi connectivity index (χ1n) is 9.13. The van der Waals surface area contributed by atoms with Crippen LogP contribution < -0.4 is 10.8 Å². The van der Waals surface area contributed by atoms with Crippen LogP contribution in [0.25, 0.3) is 0 Å². The number of nitrogens with zero attached hydrogens (tertiary/aromatic N) is 1. The number of hydrogen-bond donors (Lipinski definition) is 3. The third-order valence-corrected chi connectivity index (χ3v) is 5.33. The van der Waals surface area contributed by atoms with E-state index in [1.54, 1.807) is 25.3 Å². The van der Waals surface area contributed by atoms with Gasteiger partial charge in [0.05, 0.1) is 17.3 Å². The van der Waals surface area contributed by atoms with Gasteiger partial charge in [0, 0.05) is 11.8 Å². The van der Waals surface area contributed by atoms with Crippen LogP contribution in [0.2, 0.25) is 0 Å². The van der Waals surface area contributed by atoms with Gasteiger partial charge in [-0.05, 0) is 57.8 Å². The summed E-state index contributed by atoms with van der Waals surface area (Å²) in [4.78, 5) is 4.18. The Morgan fingerprint density at radius 2 is 1.56 bits per heavy atom. The summed E-state index contributed by atoms with van der Waals surface area (Å²) in [7, 11) is -0.432. The van der Waals surface area contributed by atoms with E-state index in [-0.39, 0.29) is 0 Å². The number of anilines is 1. The van der Waals surface area contributed by atoms with Gasteiger partial charge in [0.15, 0.2) is 6.23 Å². The van der Waals surface area contributed by atoms with Gasteiger partial charge in [0.1, 0.15) is 5.82 Å². The fraction of sp³-hybridized carbons (Fsp3) is 0.450. The van der Waals surface area contributed by atoms with Gasteiger partial charge in [-0.1, -0.05) is 24.3 Å². The zero-order valence-corrected chi connectivity index (χ0v) is 16.4. The summed E-state index contributed by atoms with van der Waals surface area (Å²) in [6.45, 7) is 9.75. The second-order valence-corrected chi connectivity index (χ2v) is 7.95. The molecule has 1 aromatic carbocycles. The fourth-order valence-corrected chi connectivity index (χ4v) is 2.82. The lowest BCUT2D eigenvalue weighted by molar-refractivity contribution is 0.00578. The van der Waals surface area contributed by atoms with Crippen molar-refractivity contribution < 1.29 is 19.5 Å². The molecule has 7 heteroatoms. The van der Waals surface area contributed by atoms with Gasteiger partial charge in [-0.3, -0.25) is 0 Å². The second-order valence-electron chi connectivity index (χ2n) is 7.95. The predicted octanol–water partition coefficient (Wildman–Crippen LogP) is 2.54. The molecule has 144 valence electrons. The molecule has 3 N–H and O–H groups in total. The third-order valence-electron chi connectivity index (χ3n) is 5.33. The number of rotatable bonds is 5. The number of benzene rings is 1. The Kier molecular flexibility index (Phi) is 5.32. The first-order valence-corrected chi connectivity index (χ1v) is 9.13. The van der Waals surface area contributed by atoms with Gasteiger partial charge in [-0.2, -0.15) is 0 Å². The molecule has 1 aromatic heterocycles. The van der Waals surface area contributed by atoms with E-state index in [2.05, 4.69) is 10.3 Å². The second kappa shape index (κ2) is 7.24. The van der Waals surface area contributed by atoms with Crippen molar-refractivity contribution in [2.45, 2.75) is 58.2 Å². The van der Waals surface area contributed by atoms with Crippen LogP contribution in [0.5, 0.6) is 0 Å². The highest BCUT2D eigenvalue weighted by atomic mass is 16.7. The minimum atomic E-state index is -0.922. The molecule has 1 aliphatic heterocycles. The molecule has 2 atom stereocenters. The predicted molar refractivity (Wildman–Crippen MR) is 106 cm³/mol. The Balaban J connectivity index is 1.69. The summed E-state index contributed by atoms with van der Waals surface area (Å²) in [5.74, 6) is 0.496. The number of pyridine rings is 1. The number of aliphatic hydroxyl groups excluding tert-OH is 2. The molecule has 27 heavy (non-hydrogen) atoms. The van der Waals surface area contributed by atoms with E-state index in [0.717, 1.165) is 11.0 Å². The molecule has 0 spiro atoms. The zero-order valence-electron chi connectivity index (χ0n) is 16.4. The van der Waals surface area contributed by atoms with Crippen LogP contribution in [0.1, 0.15) is 58.1 Å². The number of aliphatic hydroxyl groups is 2. The molecule has 1 aliphatic rings. The lowest BCUT2D eigenvalue weighted by atomic mass is 9.79. The van der Waals surface area contributed by atoms with Crippen molar-refractivity contribution in [1.82, 2.24) is 4.98 Å². The van der Waals surface area contributed by atoms with E-state index in [1.807, 2.05) is 52.0 Å². The highest BCUT2D eigenvalue weighted by molar-refractivity contribution is 6.62. The van der Waals surface area contributed by atoms with Crippen molar-refractivity contribution in [3.8, 4) is 0 Å². The monoisotopic (exact) mass is 370 g/mol. The molecule has 0 bridgehead atoms. The summed E-state index contributed by atoms with van der Waals surface area (Å²) in [5, 5.41) is 23.1. The van der Waals surface area contributed by atoms with Gasteiger partial charge in [0.25, 0.3) is 0 Å². The van der Waals surface area contributed by atoms with E-state index in [9.17, 15) is 10.2 Å². The SMILES string of the molecule is CC(O)c1ccnc(NC(O)c2ccc(B3OC(C)(C)C(C)(C)O3)cc2)c1. The van der Waals surface area contributed by atoms with Crippen molar-refractivity contribution in [3.63, 3.8) is 0 Å². The molecule has 0 radical (unpaired) electrons. The van der Waals surface area contributed by atoms with Crippen LogP contribution >= 0.6 is 0 Å². The molecule has 2 heterocycles. The molecule has 1 saturated heterocycles. The smallest absolute Gasteiger partial charge is 0.399 e. The highest BCUT2D eigenvalue weighted by Crippen LogP contribution is 2.36. The molecule has 0 aliphatic carbocycles. The maximum atomic E-state index is 10.4. The average molecular weight is 370 g/mol. The number of aromatic nitrogens is 1. The summed E-state index contributed by atoms with van der Waals surface area (Å²) in [6.07, 6.45) is 0.0809. The fourth-order valence-electron chi connectivity index (χ4n) is 2.82. The molecular weight excluding hydrogens is 343 g/mol. The lowest BCUT2D eigenvalue weighted by Crippen LogP contribution is -2.41. The Morgan fingerprint density at radius 3 is 2.11 bits per heavy atom. The van der Waals surface area contributed by atoms with E-state index in [1.165, 1.54) is 0 Å². The van der Waals surface area contributed by atoms with Gasteiger partial charge in [-0.25, -0.2) is 4.98 Å². The van der Waals surface area contributed by atoms with E-state index in [4.69, 9.17) is 9.31 Å². The van der Waals surface area contributed by atoms with Crippen molar-refractivity contribution in [1.29, 1.82) is 0 Å². The molecule has 0 saturated carbocycles. The van der Waals surface area contributed by atoms with Crippen molar-refractivity contribution in [3.05, 3.63) is 53.7 Å². The Morgan fingerprint density at radius 1 is 0.963 bits per heavy atom. The molecule has 0 amide bonds. The largest absolute Gasteiger partial charge is 0.494 e. The summed E-state index contributed by atoms with van der Waals surface area (Å²) >= 11 is 0. The Bertz CT molecular complexity index is 777. The van der Waals surface area contributed by atoms with E-state index >= 15 is 0 Å². The van der Waals surface area contributed by atoms with Crippen molar-refractivity contribution in [2.24, 2.45) is 0 Å². The van der Waals surface area contributed by atoms with Gasteiger partial charge < -0.3 is 24.8 Å². The van der Waals surface area contributed by atoms with Crippen LogP contribution in [0.15, 0.2) is 42.6 Å².